The number of aliphatic hydroxyl groups is 1. The Morgan fingerprint density at radius 3 is 2.89 bits per heavy atom. The van der Waals surface area contributed by atoms with E-state index < -0.39 is 6.10 Å². The highest BCUT2D eigenvalue weighted by molar-refractivity contribution is 5.95. The average molecular weight is 264 g/mol. The summed E-state index contributed by atoms with van der Waals surface area (Å²) >= 11 is 0. The van der Waals surface area contributed by atoms with Crippen LogP contribution in [0.2, 0.25) is 0 Å². The molecule has 2 N–H and O–H groups in total. The van der Waals surface area contributed by atoms with Gasteiger partial charge in [0.25, 0.3) is 5.91 Å². The number of carbonyl (C=O) groups is 1. The van der Waals surface area contributed by atoms with Gasteiger partial charge in [0.05, 0.1) is 12.1 Å². The monoisotopic (exact) mass is 264 g/mol. The molecule has 0 radical (unpaired) electrons. The molecule has 1 aromatic rings. The molecule has 1 aromatic carbocycles. The third kappa shape index (κ3) is 2.13. The number of likely N-dealkylation sites (N-methyl/N-ethyl adjacent to an activating group) is 1. The average Bonchev–Trinajstić information content (AvgIpc) is 3.04. The number of nitrogens with one attached hydrogen (secondary N) is 1. The fourth-order valence-electron chi connectivity index (χ4n) is 2.43. The Labute approximate surface area is 110 Å². The molecule has 3 rings (SSSR count). The van der Waals surface area contributed by atoms with E-state index in [9.17, 15) is 9.90 Å². The van der Waals surface area contributed by atoms with E-state index in [4.69, 9.17) is 9.47 Å². The summed E-state index contributed by atoms with van der Waals surface area (Å²) < 4.78 is 10.5. The lowest BCUT2D eigenvalue weighted by atomic mass is 10.1. The molecule has 0 aromatic heterocycles. The number of fused-ring (bicyclic) bond motifs is 1. The standard InChI is InChI=1S/C13H16N2O4/c1-15(9-5-14-6-10(9)16)13(17)8-2-3-11-12(4-8)19-7-18-11/h2-4,9-10,14,16H,5-7H2,1H3/t9-,10-/m0/s1. The molecule has 0 spiro atoms. The van der Waals surface area contributed by atoms with Crippen molar-refractivity contribution in [3.63, 3.8) is 0 Å². The number of hydrogen-bond donors (Lipinski definition) is 2. The Kier molecular flexibility index (Phi) is 3.04. The third-order valence-corrected chi connectivity index (χ3v) is 3.59. The van der Waals surface area contributed by atoms with Crippen LogP contribution in [-0.4, -0.2) is 55.0 Å². The summed E-state index contributed by atoms with van der Waals surface area (Å²) in [5.41, 5.74) is 0.533. The number of rotatable bonds is 2. The van der Waals surface area contributed by atoms with Gasteiger partial charge in [0, 0.05) is 25.7 Å². The largest absolute Gasteiger partial charge is 0.454 e. The smallest absolute Gasteiger partial charge is 0.254 e. The minimum atomic E-state index is -0.525. The first kappa shape index (κ1) is 12.3. The van der Waals surface area contributed by atoms with E-state index in [1.807, 2.05) is 0 Å². The summed E-state index contributed by atoms with van der Waals surface area (Å²) in [5, 5.41) is 12.9. The summed E-state index contributed by atoms with van der Waals surface area (Å²) in [6, 6.07) is 4.92. The zero-order chi connectivity index (χ0) is 13.4. The summed E-state index contributed by atoms with van der Waals surface area (Å²) in [4.78, 5) is 13.9. The number of ether oxygens (including phenoxy) is 2. The van der Waals surface area contributed by atoms with Crippen LogP contribution in [0.15, 0.2) is 18.2 Å². The van der Waals surface area contributed by atoms with Crippen molar-refractivity contribution in [2.45, 2.75) is 12.1 Å². The molecule has 0 saturated carbocycles. The summed E-state index contributed by atoms with van der Waals surface area (Å²) in [5.74, 6) is 1.11. The van der Waals surface area contributed by atoms with Gasteiger partial charge in [0.2, 0.25) is 6.79 Å². The SMILES string of the molecule is CN(C(=O)c1ccc2c(c1)OCO2)[C@H]1CNC[C@@H]1O. The number of nitrogens with zero attached hydrogens (tertiary/aromatic N) is 1. The number of benzene rings is 1. The normalized spacial score (nSPS) is 24.5. The predicted molar refractivity (Wildman–Crippen MR) is 67.3 cm³/mol. The van der Waals surface area contributed by atoms with Crippen molar-refractivity contribution in [1.29, 1.82) is 0 Å². The second-order valence-corrected chi connectivity index (χ2v) is 4.78. The van der Waals surface area contributed by atoms with Gasteiger partial charge in [0.15, 0.2) is 11.5 Å². The van der Waals surface area contributed by atoms with Crippen molar-refractivity contribution in [2.24, 2.45) is 0 Å². The Balaban J connectivity index is 1.79. The van der Waals surface area contributed by atoms with Crippen LogP contribution in [0.1, 0.15) is 10.4 Å². The van der Waals surface area contributed by atoms with E-state index >= 15 is 0 Å². The van der Waals surface area contributed by atoms with Crippen molar-refractivity contribution in [3.05, 3.63) is 23.8 Å². The van der Waals surface area contributed by atoms with Gasteiger partial charge >= 0.3 is 0 Å². The molecular weight excluding hydrogens is 248 g/mol. The Bertz CT molecular complexity index is 505. The van der Waals surface area contributed by atoms with Crippen molar-refractivity contribution in [1.82, 2.24) is 10.2 Å². The van der Waals surface area contributed by atoms with Gasteiger partial charge in [-0.25, -0.2) is 0 Å². The molecule has 6 nitrogen and oxygen atoms in total. The molecule has 2 heterocycles. The van der Waals surface area contributed by atoms with Gasteiger partial charge < -0.3 is 24.8 Å². The lowest BCUT2D eigenvalue weighted by Crippen LogP contribution is -2.44. The molecule has 1 amide bonds. The van der Waals surface area contributed by atoms with Crippen molar-refractivity contribution >= 4 is 5.91 Å². The zero-order valence-electron chi connectivity index (χ0n) is 10.6. The molecule has 0 bridgehead atoms. The van der Waals surface area contributed by atoms with Gasteiger partial charge in [-0.1, -0.05) is 0 Å². The Morgan fingerprint density at radius 1 is 1.37 bits per heavy atom. The van der Waals surface area contributed by atoms with Gasteiger partial charge in [-0.15, -0.1) is 0 Å². The maximum absolute atomic E-state index is 12.4. The minimum Gasteiger partial charge on any atom is -0.454 e. The lowest BCUT2D eigenvalue weighted by Gasteiger charge is -2.26. The summed E-state index contributed by atoms with van der Waals surface area (Å²) in [6.45, 7) is 1.31. The van der Waals surface area contributed by atoms with E-state index in [0.29, 0.717) is 30.2 Å². The summed E-state index contributed by atoms with van der Waals surface area (Å²) in [6.07, 6.45) is -0.525. The molecule has 0 unspecified atom stereocenters. The molecule has 102 valence electrons. The van der Waals surface area contributed by atoms with Crippen LogP contribution < -0.4 is 14.8 Å². The number of β-amino-alcohol motifs (C(OH)–C–C–N with tert-alkyl or cyclic N) is 1. The molecule has 2 aliphatic rings. The molecule has 2 atom stereocenters. The highest BCUT2D eigenvalue weighted by Crippen LogP contribution is 2.32. The predicted octanol–water partition coefficient (Wildman–Crippen LogP) is -0.180. The van der Waals surface area contributed by atoms with Crippen LogP contribution in [0.4, 0.5) is 0 Å². The van der Waals surface area contributed by atoms with E-state index in [0.717, 1.165) is 0 Å². The van der Waals surface area contributed by atoms with Crippen molar-refractivity contribution in [2.75, 3.05) is 26.9 Å². The van der Waals surface area contributed by atoms with Gasteiger partial charge in [-0.05, 0) is 18.2 Å². The lowest BCUT2D eigenvalue weighted by molar-refractivity contribution is 0.0581. The number of carbonyl (C=O) groups excluding carboxylic acids is 1. The second-order valence-electron chi connectivity index (χ2n) is 4.78. The molecule has 19 heavy (non-hydrogen) atoms. The quantitative estimate of drug-likeness (QED) is 0.775. The Morgan fingerprint density at radius 2 is 2.16 bits per heavy atom. The zero-order valence-corrected chi connectivity index (χ0v) is 10.6. The molecule has 1 fully saturated rings. The molecular formula is C13H16N2O4. The molecule has 2 aliphatic heterocycles. The number of hydrogen-bond acceptors (Lipinski definition) is 5. The van der Waals surface area contributed by atoms with Crippen LogP contribution in [-0.2, 0) is 0 Å². The third-order valence-electron chi connectivity index (χ3n) is 3.59. The van der Waals surface area contributed by atoms with Crippen LogP contribution >= 0.6 is 0 Å². The maximum atomic E-state index is 12.4. The summed E-state index contributed by atoms with van der Waals surface area (Å²) in [7, 11) is 1.70. The van der Waals surface area contributed by atoms with E-state index in [-0.39, 0.29) is 18.7 Å². The van der Waals surface area contributed by atoms with E-state index in [1.165, 1.54) is 0 Å². The highest BCUT2D eigenvalue weighted by atomic mass is 16.7. The van der Waals surface area contributed by atoms with E-state index in [2.05, 4.69) is 5.32 Å². The topological polar surface area (TPSA) is 71.0 Å². The number of amides is 1. The Hall–Kier alpha value is -1.79. The molecule has 6 heteroatoms. The fraction of sp³-hybridized carbons (Fsp3) is 0.462. The first-order chi connectivity index (χ1) is 9.16. The van der Waals surface area contributed by atoms with Gasteiger partial charge in [-0.2, -0.15) is 0 Å². The second kappa shape index (κ2) is 4.71. The first-order valence-electron chi connectivity index (χ1n) is 6.22. The van der Waals surface area contributed by atoms with Crippen molar-refractivity contribution < 1.29 is 19.4 Å². The molecule has 0 aliphatic carbocycles. The molecule has 1 saturated heterocycles. The van der Waals surface area contributed by atoms with Crippen LogP contribution in [0.3, 0.4) is 0 Å². The maximum Gasteiger partial charge on any atom is 0.254 e. The van der Waals surface area contributed by atoms with Crippen LogP contribution in [0.25, 0.3) is 0 Å². The van der Waals surface area contributed by atoms with Crippen molar-refractivity contribution in [3.8, 4) is 11.5 Å². The first-order valence-corrected chi connectivity index (χ1v) is 6.22. The highest BCUT2D eigenvalue weighted by Gasteiger charge is 2.32. The van der Waals surface area contributed by atoms with E-state index in [1.54, 1.807) is 30.1 Å². The van der Waals surface area contributed by atoms with Crippen LogP contribution in [0.5, 0.6) is 11.5 Å². The van der Waals surface area contributed by atoms with Crippen LogP contribution in [0, 0.1) is 0 Å². The fourth-order valence-corrected chi connectivity index (χ4v) is 2.43. The number of aliphatic hydroxyl groups excluding tert-OH is 1. The van der Waals surface area contributed by atoms with Gasteiger partial charge in [-0.3, -0.25) is 4.79 Å². The van der Waals surface area contributed by atoms with Gasteiger partial charge in [0.1, 0.15) is 0 Å². The minimum absolute atomic E-state index is 0.133.